The lowest BCUT2D eigenvalue weighted by Crippen LogP contribution is -2.29. The average Bonchev–Trinajstić information content (AvgIpc) is 3.03. The molecule has 0 spiro atoms. The van der Waals surface area contributed by atoms with Crippen LogP contribution in [0.15, 0.2) is 36.4 Å². The number of benzene rings is 1. The van der Waals surface area contributed by atoms with Crippen molar-refractivity contribution >= 4 is 23.2 Å². The van der Waals surface area contributed by atoms with E-state index in [1.165, 1.54) is 17.2 Å². The SMILES string of the molecule is O=C(O)c1ccc(C(=O)NCC2CCCc3ccccc32)s1. The van der Waals surface area contributed by atoms with Crippen molar-refractivity contribution in [2.75, 3.05) is 6.54 Å². The van der Waals surface area contributed by atoms with E-state index >= 15 is 0 Å². The third kappa shape index (κ3) is 3.04. The van der Waals surface area contributed by atoms with E-state index in [0.29, 0.717) is 17.3 Å². The van der Waals surface area contributed by atoms with Crippen molar-refractivity contribution in [3.63, 3.8) is 0 Å². The van der Waals surface area contributed by atoms with Crippen LogP contribution in [0, 0.1) is 0 Å². The molecule has 1 unspecified atom stereocenters. The maximum absolute atomic E-state index is 12.1. The first-order valence-corrected chi connectivity index (χ1v) is 8.16. The van der Waals surface area contributed by atoms with Gasteiger partial charge in [0.2, 0.25) is 0 Å². The third-order valence-electron chi connectivity index (χ3n) is 4.04. The van der Waals surface area contributed by atoms with Gasteiger partial charge in [0, 0.05) is 12.5 Å². The summed E-state index contributed by atoms with van der Waals surface area (Å²) in [6.45, 7) is 0.593. The van der Waals surface area contributed by atoms with Crippen molar-refractivity contribution in [2.45, 2.75) is 25.2 Å². The Bertz CT molecular complexity index is 707. The molecule has 0 fully saturated rings. The van der Waals surface area contributed by atoms with E-state index in [1.807, 2.05) is 6.07 Å². The molecule has 1 aromatic carbocycles. The number of aryl methyl sites for hydroxylation is 1. The Kier molecular flexibility index (Phi) is 4.24. The molecule has 1 aliphatic rings. The molecule has 0 aliphatic heterocycles. The summed E-state index contributed by atoms with van der Waals surface area (Å²) >= 11 is 1.01. The van der Waals surface area contributed by atoms with Crippen LogP contribution >= 0.6 is 11.3 Å². The summed E-state index contributed by atoms with van der Waals surface area (Å²) < 4.78 is 0. The number of carboxylic acid groups (broad SMARTS) is 1. The molecule has 22 heavy (non-hydrogen) atoms. The molecule has 4 nitrogen and oxygen atoms in total. The molecule has 1 amide bonds. The first-order chi connectivity index (χ1) is 10.6. The highest BCUT2D eigenvalue weighted by molar-refractivity contribution is 7.15. The second-order valence-corrected chi connectivity index (χ2v) is 6.55. The number of fused-ring (bicyclic) bond motifs is 1. The fraction of sp³-hybridized carbons (Fsp3) is 0.294. The second-order valence-electron chi connectivity index (χ2n) is 5.47. The Morgan fingerprint density at radius 1 is 1.18 bits per heavy atom. The van der Waals surface area contributed by atoms with Gasteiger partial charge < -0.3 is 10.4 Å². The molecule has 3 rings (SSSR count). The van der Waals surface area contributed by atoms with Crippen molar-refractivity contribution in [3.8, 4) is 0 Å². The van der Waals surface area contributed by atoms with Crippen molar-refractivity contribution in [2.24, 2.45) is 0 Å². The van der Waals surface area contributed by atoms with E-state index < -0.39 is 5.97 Å². The van der Waals surface area contributed by atoms with Crippen LogP contribution in [0.5, 0.6) is 0 Å². The lowest BCUT2D eigenvalue weighted by atomic mass is 9.83. The Balaban J connectivity index is 1.65. The minimum atomic E-state index is -0.995. The maximum atomic E-state index is 12.1. The monoisotopic (exact) mass is 315 g/mol. The van der Waals surface area contributed by atoms with Gasteiger partial charge in [-0.05, 0) is 42.5 Å². The molecule has 0 saturated carbocycles. The number of amides is 1. The van der Waals surface area contributed by atoms with Gasteiger partial charge in [-0.15, -0.1) is 11.3 Å². The summed E-state index contributed by atoms with van der Waals surface area (Å²) in [5.74, 6) is -0.849. The van der Waals surface area contributed by atoms with E-state index in [9.17, 15) is 9.59 Å². The lowest BCUT2D eigenvalue weighted by molar-refractivity contribution is 0.0702. The molecule has 1 aliphatic carbocycles. The molecule has 114 valence electrons. The van der Waals surface area contributed by atoms with Gasteiger partial charge in [-0.3, -0.25) is 4.79 Å². The van der Waals surface area contributed by atoms with Gasteiger partial charge in [0.05, 0.1) is 4.88 Å². The van der Waals surface area contributed by atoms with E-state index in [-0.39, 0.29) is 10.8 Å². The summed E-state index contributed by atoms with van der Waals surface area (Å²) in [5, 5.41) is 11.8. The van der Waals surface area contributed by atoms with Crippen LogP contribution in [0.25, 0.3) is 0 Å². The third-order valence-corrected chi connectivity index (χ3v) is 5.12. The zero-order chi connectivity index (χ0) is 15.5. The van der Waals surface area contributed by atoms with Crippen molar-refractivity contribution in [3.05, 3.63) is 57.3 Å². The Morgan fingerprint density at radius 2 is 1.95 bits per heavy atom. The summed E-state index contributed by atoms with van der Waals surface area (Å²) in [6, 6.07) is 11.4. The molecule has 5 heteroatoms. The van der Waals surface area contributed by atoms with Gasteiger partial charge in [0.25, 0.3) is 5.91 Å². The molecule has 1 atom stereocenters. The van der Waals surface area contributed by atoms with Crippen LogP contribution in [0.3, 0.4) is 0 Å². The van der Waals surface area contributed by atoms with E-state index in [0.717, 1.165) is 30.6 Å². The number of hydrogen-bond acceptors (Lipinski definition) is 3. The normalized spacial score (nSPS) is 16.8. The van der Waals surface area contributed by atoms with Crippen molar-refractivity contribution in [1.29, 1.82) is 0 Å². The molecule has 1 heterocycles. The Hall–Kier alpha value is -2.14. The Labute approximate surface area is 132 Å². The first-order valence-electron chi connectivity index (χ1n) is 7.34. The topological polar surface area (TPSA) is 66.4 Å². The first kappa shape index (κ1) is 14.8. The minimum Gasteiger partial charge on any atom is -0.477 e. The predicted molar refractivity (Wildman–Crippen MR) is 85.7 cm³/mol. The highest BCUT2D eigenvalue weighted by Crippen LogP contribution is 2.30. The quantitative estimate of drug-likeness (QED) is 0.910. The number of nitrogens with one attached hydrogen (secondary N) is 1. The number of hydrogen-bond donors (Lipinski definition) is 2. The zero-order valence-corrected chi connectivity index (χ0v) is 12.9. The standard InChI is InChI=1S/C17H17NO3S/c19-16(14-8-9-15(22-14)17(20)21)18-10-12-6-3-5-11-4-1-2-7-13(11)12/h1-2,4,7-9,12H,3,5-6,10H2,(H,18,19)(H,20,21). The Morgan fingerprint density at radius 3 is 2.73 bits per heavy atom. The van der Waals surface area contributed by atoms with E-state index in [4.69, 9.17) is 5.11 Å². The number of carbonyl (C=O) groups excluding carboxylic acids is 1. The van der Waals surface area contributed by atoms with Crippen LogP contribution in [0.4, 0.5) is 0 Å². The van der Waals surface area contributed by atoms with Crippen LogP contribution in [-0.2, 0) is 6.42 Å². The lowest BCUT2D eigenvalue weighted by Gasteiger charge is -2.25. The molecule has 0 saturated heterocycles. The van der Waals surface area contributed by atoms with Gasteiger partial charge in [-0.2, -0.15) is 0 Å². The summed E-state index contributed by atoms with van der Waals surface area (Å²) in [4.78, 5) is 23.6. The van der Waals surface area contributed by atoms with E-state index in [1.54, 1.807) is 6.07 Å². The summed E-state index contributed by atoms with van der Waals surface area (Å²) in [6.07, 6.45) is 3.31. The molecule has 0 radical (unpaired) electrons. The second kappa shape index (κ2) is 6.32. The number of carbonyl (C=O) groups is 2. The number of aromatic carboxylic acids is 1. The van der Waals surface area contributed by atoms with Crippen LogP contribution < -0.4 is 5.32 Å². The predicted octanol–water partition coefficient (Wildman–Crippen LogP) is 3.30. The highest BCUT2D eigenvalue weighted by atomic mass is 32.1. The van der Waals surface area contributed by atoms with Crippen molar-refractivity contribution < 1.29 is 14.7 Å². The molecule has 1 aromatic heterocycles. The van der Waals surface area contributed by atoms with Gasteiger partial charge in [-0.1, -0.05) is 24.3 Å². The van der Waals surface area contributed by atoms with Crippen LogP contribution in [-0.4, -0.2) is 23.5 Å². The molecule has 0 bridgehead atoms. The average molecular weight is 315 g/mol. The molecule has 2 aromatic rings. The maximum Gasteiger partial charge on any atom is 0.345 e. The largest absolute Gasteiger partial charge is 0.477 e. The van der Waals surface area contributed by atoms with E-state index in [2.05, 4.69) is 23.5 Å². The van der Waals surface area contributed by atoms with Gasteiger partial charge in [0.1, 0.15) is 4.88 Å². The molecular formula is C17H17NO3S. The zero-order valence-electron chi connectivity index (χ0n) is 12.0. The van der Waals surface area contributed by atoms with Crippen LogP contribution in [0.2, 0.25) is 0 Å². The number of rotatable bonds is 4. The molecular weight excluding hydrogens is 298 g/mol. The van der Waals surface area contributed by atoms with Gasteiger partial charge in [-0.25, -0.2) is 4.79 Å². The minimum absolute atomic E-state index is 0.188. The smallest absolute Gasteiger partial charge is 0.345 e. The fourth-order valence-electron chi connectivity index (χ4n) is 2.94. The fourth-order valence-corrected chi connectivity index (χ4v) is 3.71. The number of thiophene rings is 1. The summed E-state index contributed by atoms with van der Waals surface area (Å²) in [5.41, 5.74) is 2.70. The molecule has 2 N–H and O–H groups in total. The number of carboxylic acids is 1. The van der Waals surface area contributed by atoms with Gasteiger partial charge >= 0.3 is 5.97 Å². The van der Waals surface area contributed by atoms with Gasteiger partial charge in [0.15, 0.2) is 0 Å². The van der Waals surface area contributed by atoms with Crippen molar-refractivity contribution in [1.82, 2.24) is 5.32 Å². The highest BCUT2D eigenvalue weighted by Gasteiger charge is 2.21. The van der Waals surface area contributed by atoms with Crippen LogP contribution in [0.1, 0.15) is 49.2 Å². The summed E-state index contributed by atoms with van der Waals surface area (Å²) in [7, 11) is 0.